The predicted molar refractivity (Wildman–Crippen MR) is 110 cm³/mol. The molecular formula is C19H13ClN4O2S2. The van der Waals surface area contributed by atoms with Crippen LogP contribution in [-0.2, 0) is 0 Å². The van der Waals surface area contributed by atoms with Crippen molar-refractivity contribution in [3.05, 3.63) is 70.5 Å². The molecule has 4 rings (SSSR count). The van der Waals surface area contributed by atoms with Gasteiger partial charge in [-0.1, -0.05) is 34.7 Å². The van der Waals surface area contributed by atoms with E-state index in [1.165, 1.54) is 23.1 Å². The molecule has 0 atom stereocenters. The third-order valence-corrected chi connectivity index (χ3v) is 6.11. The monoisotopic (exact) mass is 428 g/mol. The van der Waals surface area contributed by atoms with Crippen molar-refractivity contribution in [3.8, 4) is 11.5 Å². The lowest BCUT2D eigenvalue weighted by Crippen LogP contribution is -2.14. The quantitative estimate of drug-likeness (QED) is 0.448. The standard InChI is InChI=1S/C19H13ClN4O2S2/c1-11-13(5-6-15(22-11)16-3-2-8-26-16)18(25)23-12-4-7-17(14(20)9-12)28-19-24-21-10-27-19/h2-10H,1H3,(H,23,25). The fourth-order valence-corrected chi connectivity index (χ4v) is 4.26. The Morgan fingerprint density at radius 2 is 2.14 bits per heavy atom. The molecule has 3 heterocycles. The van der Waals surface area contributed by atoms with E-state index in [-0.39, 0.29) is 5.91 Å². The van der Waals surface area contributed by atoms with Gasteiger partial charge >= 0.3 is 0 Å². The summed E-state index contributed by atoms with van der Waals surface area (Å²) in [5.74, 6) is 0.405. The van der Waals surface area contributed by atoms with Gasteiger partial charge in [0, 0.05) is 10.6 Å². The molecule has 0 aliphatic rings. The van der Waals surface area contributed by atoms with Crippen LogP contribution < -0.4 is 5.32 Å². The van der Waals surface area contributed by atoms with Gasteiger partial charge in [0.05, 0.1) is 22.5 Å². The minimum absolute atomic E-state index is 0.253. The topological polar surface area (TPSA) is 80.9 Å². The van der Waals surface area contributed by atoms with Gasteiger partial charge in [-0.15, -0.1) is 10.2 Å². The van der Waals surface area contributed by atoms with Crippen molar-refractivity contribution in [1.29, 1.82) is 0 Å². The highest BCUT2D eigenvalue weighted by molar-refractivity contribution is 8.01. The molecule has 9 heteroatoms. The molecule has 6 nitrogen and oxygen atoms in total. The van der Waals surface area contributed by atoms with E-state index in [0.717, 1.165) is 9.24 Å². The summed E-state index contributed by atoms with van der Waals surface area (Å²) in [4.78, 5) is 17.9. The van der Waals surface area contributed by atoms with E-state index in [1.807, 2.05) is 12.1 Å². The first kappa shape index (κ1) is 18.7. The van der Waals surface area contributed by atoms with Crippen LogP contribution in [0.1, 0.15) is 16.1 Å². The fourth-order valence-electron chi connectivity index (χ4n) is 2.52. The zero-order valence-corrected chi connectivity index (χ0v) is 16.9. The van der Waals surface area contributed by atoms with Crippen LogP contribution >= 0.6 is 34.7 Å². The van der Waals surface area contributed by atoms with Crippen molar-refractivity contribution in [2.24, 2.45) is 0 Å². The average Bonchev–Trinajstić information content (AvgIpc) is 3.37. The first-order valence-corrected chi connectivity index (χ1v) is 10.2. The summed E-state index contributed by atoms with van der Waals surface area (Å²) < 4.78 is 6.15. The van der Waals surface area contributed by atoms with Crippen LogP contribution in [0.25, 0.3) is 11.5 Å². The average molecular weight is 429 g/mol. The highest BCUT2D eigenvalue weighted by atomic mass is 35.5. The van der Waals surface area contributed by atoms with Crippen LogP contribution in [0.5, 0.6) is 0 Å². The Labute approximate surface area is 174 Å². The van der Waals surface area contributed by atoms with E-state index < -0.39 is 0 Å². The summed E-state index contributed by atoms with van der Waals surface area (Å²) in [5.41, 5.74) is 4.05. The van der Waals surface area contributed by atoms with Crippen LogP contribution in [0.3, 0.4) is 0 Å². The van der Waals surface area contributed by atoms with Gasteiger partial charge in [0.15, 0.2) is 10.1 Å². The largest absolute Gasteiger partial charge is 0.463 e. The number of anilines is 1. The van der Waals surface area contributed by atoms with Gasteiger partial charge in [-0.05, 0) is 49.4 Å². The minimum atomic E-state index is -0.253. The zero-order chi connectivity index (χ0) is 19.5. The first-order chi connectivity index (χ1) is 13.6. The Bertz CT molecular complexity index is 1120. The summed E-state index contributed by atoms with van der Waals surface area (Å²) in [5, 5.41) is 11.2. The molecule has 0 fully saturated rings. The second kappa shape index (κ2) is 8.14. The van der Waals surface area contributed by atoms with Crippen LogP contribution in [-0.4, -0.2) is 21.1 Å². The number of furan rings is 1. The number of hydrogen-bond donors (Lipinski definition) is 1. The lowest BCUT2D eigenvalue weighted by atomic mass is 10.1. The Hall–Kier alpha value is -2.68. The van der Waals surface area contributed by atoms with E-state index in [9.17, 15) is 4.79 Å². The molecule has 140 valence electrons. The Kier molecular flexibility index (Phi) is 5.43. The molecule has 0 saturated heterocycles. The number of benzene rings is 1. The molecule has 0 saturated carbocycles. The number of nitrogens with zero attached hydrogens (tertiary/aromatic N) is 3. The van der Waals surface area contributed by atoms with Gasteiger partial charge < -0.3 is 9.73 Å². The van der Waals surface area contributed by atoms with Crippen LogP contribution in [0.15, 0.2) is 67.9 Å². The van der Waals surface area contributed by atoms with Gasteiger partial charge in [-0.25, -0.2) is 4.98 Å². The zero-order valence-electron chi connectivity index (χ0n) is 14.5. The molecule has 0 radical (unpaired) electrons. The predicted octanol–water partition coefficient (Wildman–Crippen LogP) is 5.56. The third-order valence-electron chi connectivity index (χ3n) is 3.83. The van der Waals surface area contributed by atoms with E-state index in [4.69, 9.17) is 16.0 Å². The Morgan fingerprint density at radius 3 is 2.82 bits per heavy atom. The molecule has 1 N–H and O–H groups in total. The van der Waals surface area contributed by atoms with Gasteiger partial charge in [-0.3, -0.25) is 4.79 Å². The molecule has 0 unspecified atom stereocenters. The van der Waals surface area contributed by atoms with Gasteiger partial charge in [0.1, 0.15) is 11.2 Å². The van der Waals surface area contributed by atoms with Crippen molar-refractivity contribution in [3.63, 3.8) is 0 Å². The molecule has 3 aromatic heterocycles. The Balaban J connectivity index is 1.49. The number of aromatic nitrogens is 3. The van der Waals surface area contributed by atoms with Crippen LogP contribution in [0.4, 0.5) is 5.69 Å². The smallest absolute Gasteiger partial charge is 0.257 e. The molecule has 0 bridgehead atoms. The molecule has 0 aliphatic carbocycles. The summed E-state index contributed by atoms with van der Waals surface area (Å²) in [6.45, 7) is 1.79. The Morgan fingerprint density at radius 1 is 1.25 bits per heavy atom. The number of halogens is 1. The van der Waals surface area contributed by atoms with Crippen molar-refractivity contribution in [1.82, 2.24) is 15.2 Å². The van der Waals surface area contributed by atoms with E-state index in [0.29, 0.717) is 33.4 Å². The number of carbonyl (C=O) groups is 1. The molecule has 0 spiro atoms. The van der Waals surface area contributed by atoms with Crippen LogP contribution in [0.2, 0.25) is 5.02 Å². The molecule has 1 amide bonds. The SMILES string of the molecule is Cc1nc(-c2ccco2)ccc1C(=O)Nc1ccc(Sc2nncs2)c(Cl)c1. The molecule has 0 aliphatic heterocycles. The number of nitrogens with one attached hydrogen (secondary N) is 1. The summed E-state index contributed by atoms with van der Waals surface area (Å²) in [7, 11) is 0. The highest BCUT2D eigenvalue weighted by Crippen LogP contribution is 2.35. The second-order valence-corrected chi connectivity index (χ2v) is 8.24. The molecule has 28 heavy (non-hydrogen) atoms. The van der Waals surface area contributed by atoms with Crippen molar-refractivity contribution < 1.29 is 9.21 Å². The number of amides is 1. The highest BCUT2D eigenvalue weighted by Gasteiger charge is 2.14. The number of rotatable bonds is 5. The van der Waals surface area contributed by atoms with Crippen molar-refractivity contribution in [2.75, 3.05) is 5.32 Å². The molecule has 1 aromatic carbocycles. The van der Waals surface area contributed by atoms with Crippen molar-refractivity contribution in [2.45, 2.75) is 16.2 Å². The van der Waals surface area contributed by atoms with Crippen LogP contribution in [0, 0.1) is 6.92 Å². The van der Waals surface area contributed by atoms with E-state index in [2.05, 4.69) is 20.5 Å². The molecular weight excluding hydrogens is 416 g/mol. The normalized spacial score (nSPS) is 10.8. The lowest BCUT2D eigenvalue weighted by molar-refractivity contribution is 0.102. The van der Waals surface area contributed by atoms with Crippen molar-refractivity contribution >= 4 is 46.3 Å². The summed E-state index contributed by atoms with van der Waals surface area (Å²) in [6, 6.07) is 12.5. The lowest BCUT2D eigenvalue weighted by Gasteiger charge is -2.10. The maximum atomic E-state index is 12.6. The number of hydrogen-bond acceptors (Lipinski definition) is 7. The molecule has 4 aromatic rings. The maximum Gasteiger partial charge on any atom is 0.257 e. The number of aryl methyl sites for hydroxylation is 1. The number of pyridine rings is 1. The van der Waals surface area contributed by atoms with E-state index >= 15 is 0 Å². The van der Waals surface area contributed by atoms with Gasteiger partial charge in [0.25, 0.3) is 5.91 Å². The first-order valence-electron chi connectivity index (χ1n) is 8.16. The fraction of sp³-hybridized carbons (Fsp3) is 0.0526. The van der Waals surface area contributed by atoms with Gasteiger partial charge in [0.2, 0.25) is 0 Å². The summed E-state index contributed by atoms with van der Waals surface area (Å²) in [6.07, 6.45) is 1.59. The maximum absolute atomic E-state index is 12.6. The minimum Gasteiger partial charge on any atom is -0.463 e. The third kappa shape index (κ3) is 4.09. The van der Waals surface area contributed by atoms with Gasteiger partial charge in [-0.2, -0.15) is 0 Å². The second-order valence-electron chi connectivity index (χ2n) is 5.71. The number of carbonyl (C=O) groups excluding carboxylic acids is 1. The summed E-state index contributed by atoms with van der Waals surface area (Å²) >= 11 is 9.21. The van der Waals surface area contributed by atoms with E-state index in [1.54, 1.807) is 49.0 Å².